The van der Waals surface area contributed by atoms with Crippen LogP contribution in [0.1, 0.15) is 52.3 Å². The van der Waals surface area contributed by atoms with Crippen LogP contribution in [0.3, 0.4) is 0 Å². The molecule has 0 aliphatic rings. The van der Waals surface area contributed by atoms with Crippen LogP contribution >= 0.6 is 0 Å². The highest BCUT2D eigenvalue weighted by atomic mass is 19.3. The van der Waals surface area contributed by atoms with Gasteiger partial charge in [0.2, 0.25) is 0 Å². The molecule has 0 aliphatic carbocycles. The summed E-state index contributed by atoms with van der Waals surface area (Å²) in [5.74, 6) is -6.90. The lowest BCUT2D eigenvalue weighted by Crippen LogP contribution is -2.57. The van der Waals surface area contributed by atoms with Gasteiger partial charge in [0.15, 0.2) is 5.78 Å². The SMILES string of the molecule is CC[C@H](C)[C@H](N)C(=O)C(NC(=O)C(F)(F)C(O)C(N)CC(C)C)c1ccccn1. The van der Waals surface area contributed by atoms with E-state index >= 15 is 0 Å². The van der Waals surface area contributed by atoms with E-state index in [9.17, 15) is 23.5 Å². The van der Waals surface area contributed by atoms with Crippen LogP contribution in [0.15, 0.2) is 24.4 Å². The van der Waals surface area contributed by atoms with Gasteiger partial charge in [0.1, 0.15) is 12.1 Å². The standard InChI is InChI=1S/C20H32F2N4O3/c1-5-12(4)15(24)17(27)16(14-8-6-7-9-25-14)26-19(29)20(21,22)18(28)13(23)10-11(2)3/h6-9,11-13,15-16,18,28H,5,10,23-24H2,1-4H3,(H,26,29)/t12-,13?,15-,16?,18?/m0/s1. The second kappa shape index (κ2) is 10.7. The summed E-state index contributed by atoms with van der Waals surface area (Å²) in [5.41, 5.74) is 11.7. The summed E-state index contributed by atoms with van der Waals surface area (Å²) in [4.78, 5) is 29.2. The number of carbonyl (C=O) groups excluding carboxylic acids is 2. The Balaban J connectivity index is 3.12. The van der Waals surface area contributed by atoms with Crippen molar-refractivity contribution in [2.24, 2.45) is 23.3 Å². The Morgan fingerprint density at radius 2 is 1.86 bits per heavy atom. The van der Waals surface area contributed by atoms with Crippen molar-refractivity contribution in [1.29, 1.82) is 0 Å². The van der Waals surface area contributed by atoms with Crippen molar-refractivity contribution in [2.75, 3.05) is 0 Å². The Morgan fingerprint density at radius 1 is 1.24 bits per heavy atom. The predicted octanol–water partition coefficient (Wildman–Crippen LogP) is 1.55. The van der Waals surface area contributed by atoms with Crippen molar-refractivity contribution >= 4 is 11.7 Å². The van der Waals surface area contributed by atoms with E-state index < -0.39 is 41.8 Å². The molecule has 1 amide bonds. The van der Waals surface area contributed by atoms with Crippen LogP contribution in [0.25, 0.3) is 0 Å². The van der Waals surface area contributed by atoms with Crippen molar-refractivity contribution in [3.05, 3.63) is 30.1 Å². The van der Waals surface area contributed by atoms with Crippen LogP contribution in [0.5, 0.6) is 0 Å². The lowest BCUT2D eigenvalue weighted by molar-refractivity contribution is -0.167. The summed E-state index contributed by atoms with van der Waals surface area (Å²) < 4.78 is 29.1. The summed E-state index contributed by atoms with van der Waals surface area (Å²) >= 11 is 0. The number of hydrogen-bond acceptors (Lipinski definition) is 6. The number of alkyl halides is 2. The van der Waals surface area contributed by atoms with Crippen LogP contribution in [0.4, 0.5) is 8.78 Å². The van der Waals surface area contributed by atoms with Gasteiger partial charge in [-0.05, 0) is 30.4 Å². The Labute approximate surface area is 170 Å². The van der Waals surface area contributed by atoms with Gasteiger partial charge >= 0.3 is 5.92 Å². The molecule has 9 heteroatoms. The normalized spacial score (nSPS) is 17.3. The van der Waals surface area contributed by atoms with E-state index in [1.54, 1.807) is 32.9 Å². The van der Waals surface area contributed by atoms with Crippen molar-refractivity contribution in [1.82, 2.24) is 10.3 Å². The molecule has 1 heterocycles. The lowest BCUT2D eigenvalue weighted by atomic mass is 9.90. The smallest absolute Gasteiger partial charge is 0.351 e. The number of amides is 1. The number of Topliss-reactive ketones (excluding diaryl/α,β-unsaturated/α-hetero) is 1. The van der Waals surface area contributed by atoms with E-state index in [0.717, 1.165) is 0 Å². The van der Waals surface area contributed by atoms with E-state index in [-0.39, 0.29) is 24.0 Å². The van der Waals surface area contributed by atoms with E-state index in [2.05, 4.69) is 4.98 Å². The molecule has 0 fully saturated rings. The molecule has 1 aromatic heterocycles. The van der Waals surface area contributed by atoms with Crippen molar-refractivity contribution in [2.45, 2.75) is 70.7 Å². The van der Waals surface area contributed by atoms with Gasteiger partial charge in [0.05, 0.1) is 11.7 Å². The third-order valence-electron chi connectivity index (χ3n) is 4.95. The molecule has 6 N–H and O–H groups in total. The Morgan fingerprint density at radius 3 is 2.34 bits per heavy atom. The summed E-state index contributed by atoms with van der Waals surface area (Å²) in [6, 6.07) is 0.841. The largest absolute Gasteiger partial charge is 0.385 e. The van der Waals surface area contributed by atoms with Crippen molar-refractivity contribution < 1.29 is 23.5 Å². The number of aliphatic hydroxyl groups excluding tert-OH is 1. The first-order valence-electron chi connectivity index (χ1n) is 9.76. The summed E-state index contributed by atoms with van der Waals surface area (Å²) in [5, 5.41) is 12.0. The first-order chi connectivity index (χ1) is 13.4. The number of nitrogens with one attached hydrogen (secondary N) is 1. The van der Waals surface area contributed by atoms with Gasteiger partial charge in [-0.3, -0.25) is 14.6 Å². The van der Waals surface area contributed by atoms with Gasteiger partial charge < -0.3 is 21.9 Å². The molecular formula is C20H32F2N4O3. The van der Waals surface area contributed by atoms with Crippen LogP contribution in [0, 0.1) is 11.8 Å². The van der Waals surface area contributed by atoms with E-state index in [4.69, 9.17) is 11.5 Å². The van der Waals surface area contributed by atoms with Gasteiger partial charge in [-0.25, -0.2) is 0 Å². The van der Waals surface area contributed by atoms with Crippen LogP contribution < -0.4 is 16.8 Å². The highest BCUT2D eigenvalue weighted by Crippen LogP contribution is 2.26. The topological polar surface area (TPSA) is 131 Å². The number of carbonyl (C=O) groups is 2. The van der Waals surface area contributed by atoms with E-state index in [0.29, 0.717) is 6.42 Å². The lowest BCUT2D eigenvalue weighted by Gasteiger charge is -2.29. The molecule has 0 saturated heterocycles. The van der Waals surface area contributed by atoms with Crippen LogP contribution in [-0.4, -0.2) is 45.9 Å². The summed E-state index contributed by atoms with van der Waals surface area (Å²) in [7, 11) is 0. The zero-order valence-corrected chi connectivity index (χ0v) is 17.3. The highest BCUT2D eigenvalue weighted by Gasteiger charge is 2.50. The van der Waals surface area contributed by atoms with E-state index in [1.165, 1.54) is 12.3 Å². The highest BCUT2D eigenvalue weighted by molar-refractivity contribution is 5.95. The van der Waals surface area contributed by atoms with Gasteiger partial charge in [0, 0.05) is 12.2 Å². The molecule has 0 bridgehead atoms. The van der Waals surface area contributed by atoms with Crippen LogP contribution in [-0.2, 0) is 9.59 Å². The molecule has 0 aromatic carbocycles. The second-order valence-corrected chi connectivity index (χ2v) is 7.84. The number of ketones is 1. The van der Waals surface area contributed by atoms with Crippen molar-refractivity contribution in [3.63, 3.8) is 0 Å². The minimum atomic E-state index is -4.19. The van der Waals surface area contributed by atoms with Crippen molar-refractivity contribution in [3.8, 4) is 0 Å². The quantitative estimate of drug-likeness (QED) is 0.434. The van der Waals surface area contributed by atoms with Gasteiger partial charge in [0.25, 0.3) is 5.91 Å². The Hall–Kier alpha value is -1.97. The fourth-order valence-electron chi connectivity index (χ4n) is 2.87. The fraction of sp³-hybridized carbons (Fsp3) is 0.650. The third kappa shape index (κ3) is 6.52. The van der Waals surface area contributed by atoms with Gasteiger partial charge in [-0.1, -0.05) is 40.2 Å². The minimum absolute atomic E-state index is 0.0464. The molecule has 29 heavy (non-hydrogen) atoms. The first-order valence-corrected chi connectivity index (χ1v) is 9.76. The second-order valence-electron chi connectivity index (χ2n) is 7.84. The fourth-order valence-corrected chi connectivity index (χ4v) is 2.87. The predicted molar refractivity (Wildman–Crippen MR) is 106 cm³/mol. The summed E-state index contributed by atoms with van der Waals surface area (Å²) in [6.45, 7) is 7.11. The molecule has 164 valence electrons. The average Bonchev–Trinajstić information content (AvgIpc) is 2.69. The van der Waals surface area contributed by atoms with Gasteiger partial charge in [-0.15, -0.1) is 0 Å². The maximum absolute atomic E-state index is 14.6. The molecule has 5 atom stereocenters. The first kappa shape index (κ1) is 25.1. The zero-order chi connectivity index (χ0) is 22.4. The third-order valence-corrected chi connectivity index (χ3v) is 4.95. The molecule has 3 unspecified atom stereocenters. The minimum Gasteiger partial charge on any atom is -0.385 e. The molecule has 7 nitrogen and oxygen atoms in total. The number of rotatable bonds is 11. The maximum atomic E-state index is 14.6. The average molecular weight is 414 g/mol. The number of pyridine rings is 1. The van der Waals surface area contributed by atoms with Gasteiger partial charge in [-0.2, -0.15) is 8.78 Å². The molecule has 1 aromatic rings. The number of halogens is 2. The molecule has 0 radical (unpaired) electrons. The monoisotopic (exact) mass is 414 g/mol. The Bertz CT molecular complexity index is 673. The Kier molecular flexibility index (Phi) is 9.25. The molecule has 1 rings (SSSR count). The van der Waals surface area contributed by atoms with Crippen LogP contribution in [0.2, 0.25) is 0 Å². The number of aliphatic hydroxyl groups is 1. The number of nitrogens with zero attached hydrogens (tertiary/aromatic N) is 1. The molecule has 0 spiro atoms. The number of nitrogens with two attached hydrogens (primary N) is 2. The zero-order valence-electron chi connectivity index (χ0n) is 17.3. The van der Waals surface area contributed by atoms with E-state index in [1.807, 2.05) is 12.2 Å². The maximum Gasteiger partial charge on any atom is 0.351 e. The molecule has 0 saturated carbocycles. The molecular weight excluding hydrogens is 382 g/mol. The number of hydrogen-bond donors (Lipinski definition) is 4. The number of aromatic nitrogens is 1. The summed E-state index contributed by atoms with van der Waals surface area (Å²) in [6.07, 6.45) is -0.324. The molecule has 0 aliphatic heterocycles.